The molecular formula is C14H21ClN2O3. The van der Waals surface area contributed by atoms with E-state index in [1.165, 1.54) is 7.11 Å². The minimum Gasteiger partial charge on any atom is -0.495 e. The fourth-order valence-electron chi connectivity index (χ4n) is 1.84. The van der Waals surface area contributed by atoms with Gasteiger partial charge in [-0.2, -0.15) is 0 Å². The number of urea groups is 1. The van der Waals surface area contributed by atoms with Crippen LogP contribution in [-0.2, 0) is 0 Å². The second-order valence-electron chi connectivity index (χ2n) is 4.57. The molecule has 0 radical (unpaired) electrons. The van der Waals surface area contributed by atoms with E-state index >= 15 is 0 Å². The van der Waals surface area contributed by atoms with Gasteiger partial charge in [0, 0.05) is 5.69 Å². The van der Waals surface area contributed by atoms with Crippen LogP contribution in [0.3, 0.4) is 0 Å². The molecule has 20 heavy (non-hydrogen) atoms. The summed E-state index contributed by atoms with van der Waals surface area (Å²) in [5.41, 5.74) is -0.0345. The van der Waals surface area contributed by atoms with Gasteiger partial charge >= 0.3 is 6.03 Å². The molecule has 0 spiro atoms. The molecule has 2 amide bonds. The molecular weight excluding hydrogens is 280 g/mol. The fourth-order valence-corrected chi connectivity index (χ4v) is 2.09. The lowest BCUT2D eigenvalue weighted by atomic mass is 9.94. The van der Waals surface area contributed by atoms with Gasteiger partial charge in [-0.25, -0.2) is 4.79 Å². The number of hydrogen-bond acceptors (Lipinski definition) is 3. The zero-order valence-electron chi connectivity index (χ0n) is 12.0. The number of rotatable bonds is 6. The van der Waals surface area contributed by atoms with Crippen molar-refractivity contribution < 1.29 is 14.6 Å². The van der Waals surface area contributed by atoms with Crippen LogP contribution in [0.1, 0.15) is 26.7 Å². The van der Waals surface area contributed by atoms with Crippen LogP contribution >= 0.6 is 11.6 Å². The first-order chi connectivity index (χ1) is 9.50. The number of hydrogen-bond donors (Lipinski definition) is 3. The van der Waals surface area contributed by atoms with E-state index in [0.29, 0.717) is 29.3 Å². The molecule has 0 bridgehead atoms. The molecule has 0 saturated heterocycles. The third-order valence-electron chi connectivity index (χ3n) is 3.44. The molecule has 6 heteroatoms. The van der Waals surface area contributed by atoms with Crippen molar-refractivity contribution in [2.45, 2.75) is 32.2 Å². The first-order valence-corrected chi connectivity index (χ1v) is 6.91. The lowest BCUT2D eigenvalue weighted by molar-refractivity contribution is 0.155. The maximum atomic E-state index is 12.0. The van der Waals surface area contributed by atoms with E-state index in [4.69, 9.17) is 16.3 Å². The Hall–Kier alpha value is -1.46. The SMILES string of the molecule is CCC(CC)(CO)NC(=O)Nc1ccc(OC)c(Cl)c1. The number of methoxy groups -OCH3 is 1. The van der Waals surface area contributed by atoms with Crippen molar-refractivity contribution in [2.24, 2.45) is 0 Å². The highest BCUT2D eigenvalue weighted by molar-refractivity contribution is 6.32. The van der Waals surface area contributed by atoms with E-state index in [1.54, 1.807) is 18.2 Å². The van der Waals surface area contributed by atoms with Crippen LogP contribution in [-0.4, -0.2) is 30.4 Å². The number of carbonyl (C=O) groups excluding carboxylic acids is 1. The van der Waals surface area contributed by atoms with E-state index in [9.17, 15) is 9.90 Å². The van der Waals surface area contributed by atoms with Gasteiger partial charge in [-0.3, -0.25) is 0 Å². The predicted molar refractivity (Wildman–Crippen MR) is 80.6 cm³/mol. The number of amides is 2. The lowest BCUT2D eigenvalue weighted by Gasteiger charge is -2.30. The summed E-state index contributed by atoms with van der Waals surface area (Å²) in [4.78, 5) is 12.0. The van der Waals surface area contributed by atoms with E-state index in [-0.39, 0.29) is 12.6 Å². The molecule has 0 saturated carbocycles. The van der Waals surface area contributed by atoms with Gasteiger partial charge in [-0.1, -0.05) is 25.4 Å². The van der Waals surface area contributed by atoms with E-state index in [1.807, 2.05) is 13.8 Å². The smallest absolute Gasteiger partial charge is 0.319 e. The number of carbonyl (C=O) groups is 1. The molecule has 0 heterocycles. The topological polar surface area (TPSA) is 70.6 Å². The van der Waals surface area contributed by atoms with E-state index in [2.05, 4.69) is 10.6 Å². The maximum Gasteiger partial charge on any atom is 0.319 e. The Kier molecular flexibility index (Phi) is 6.10. The molecule has 1 rings (SSSR count). The van der Waals surface area contributed by atoms with E-state index in [0.717, 1.165) is 0 Å². The molecule has 0 aromatic heterocycles. The highest BCUT2D eigenvalue weighted by atomic mass is 35.5. The maximum absolute atomic E-state index is 12.0. The molecule has 0 fully saturated rings. The number of ether oxygens (including phenoxy) is 1. The zero-order chi connectivity index (χ0) is 15.2. The molecule has 112 valence electrons. The predicted octanol–water partition coefficient (Wildman–Crippen LogP) is 3.02. The molecule has 0 aliphatic rings. The zero-order valence-corrected chi connectivity index (χ0v) is 12.8. The Labute approximate surface area is 124 Å². The van der Waals surface area contributed by atoms with Crippen molar-refractivity contribution in [2.75, 3.05) is 19.0 Å². The Morgan fingerprint density at radius 3 is 2.50 bits per heavy atom. The summed E-state index contributed by atoms with van der Waals surface area (Å²) in [7, 11) is 1.53. The second-order valence-corrected chi connectivity index (χ2v) is 4.98. The van der Waals surface area contributed by atoms with Crippen molar-refractivity contribution in [1.82, 2.24) is 5.32 Å². The van der Waals surface area contributed by atoms with Crippen LogP contribution in [0.4, 0.5) is 10.5 Å². The average molecular weight is 301 g/mol. The molecule has 0 aliphatic heterocycles. The molecule has 0 aliphatic carbocycles. The Bertz CT molecular complexity index is 453. The summed E-state index contributed by atoms with van der Waals surface area (Å²) < 4.78 is 5.04. The van der Waals surface area contributed by atoms with Crippen molar-refractivity contribution in [3.8, 4) is 5.75 Å². The van der Waals surface area contributed by atoms with Crippen LogP contribution in [0.5, 0.6) is 5.75 Å². The molecule has 0 unspecified atom stereocenters. The van der Waals surface area contributed by atoms with Gasteiger partial charge < -0.3 is 20.5 Å². The molecule has 1 aromatic carbocycles. The second kappa shape index (κ2) is 7.36. The number of benzene rings is 1. The summed E-state index contributed by atoms with van der Waals surface area (Å²) in [5.74, 6) is 0.546. The van der Waals surface area contributed by atoms with Crippen molar-refractivity contribution in [3.05, 3.63) is 23.2 Å². The first-order valence-electron chi connectivity index (χ1n) is 6.53. The normalized spacial score (nSPS) is 11.1. The van der Waals surface area contributed by atoms with Gasteiger partial charge in [0.25, 0.3) is 0 Å². The Morgan fingerprint density at radius 1 is 1.40 bits per heavy atom. The van der Waals surface area contributed by atoms with Crippen LogP contribution in [0.15, 0.2) is 18.2 Å². The van der Waals surface area contributed by atoms with Crippen LogP contribution in [0.2, 0.25) is 5.02 Å². The number of anilines is 1. The molecule has 1 aromatic rings. The van der Waals surface area contributed by atoms with Gasteiger partial charge in [0.05, 0.1) is 24.3 Å². The van der Waals surface area contributed by atoms with Crippen molar-refractivity contribution in [3.63, 3.8) is 0 Å². The molecule has 3 N–H and O–H groups in total. The standard InChI is InChI=1S/C14H21ClN2O3/c1-4-14(5-2,9-18)17-13(19)16-10-6-7-12(20-3)11(15)8-10/h6-8,18H,4-5,9H2,1-3H3,(H2,16,17,19). The summed E-state index contributed by atoms with van der Waals surface area (Å²) >= 11 is 5.99. The van der Waals surface area contributed by atoms with Crippen LogP contribution in [0, 0.1) is 0 Å². The summed E-state index contributed by atoms with van der Waals surface area (Å²) in [6, 6.07) is 4.61. The summed E-state index contributed by atoms with van der Waals surface area (Å²) in [6.45, 7) is 3.74. The highest BCUT2D eigenvalue weighted by Crippen LogP contribution is 2.27. The quantitative estimate of drug-likeness (QED) is 0.756. The third-order valence-corrected chi connectivity index (χ3v) is 3.74. The van der Waals surface area contributed by atoms with Gasteiger partial charge in [-0.05, 0) is 31.0 Å². The van der Waals surface area contributed by atoms with Crippen molar-refractivity contribution >= 4 is 23.3 Å². The highest BCUT2D eigenvalue weighted by Gasteiger charge is 2.27. The first kappa shape index (κ1) is 16.6. The lowest BCUT2D eigenvalue weighted by Crippen LogP contribution is -2.51. The van der Waals surface area contributed by atoms with Gasteiger partial charge in [0.2, 0.25) is 0 Å². The average Bonchev–Trinajstić information content (AvgIpc) is 2.45. The van der Waals surface area contributed by atoms with Gasteiger partial charge in [0.1, 0.15) is 5.75 Å². The third kappa shape index (κ3) is 4.02. The molecule has 0 atom stereocenters. The van der Waals surface area contributed by atoms with Crippen LogP contribution in [0.25, 0.3) is 0 Å². The molecule has 5 nitrogen and oxygen atoms in total. The largest absolute Gasteiger partial charge is 0.495 e. The summed E-state index contributed by atoms with van der Waals surface area (Å²) in [5, 5.41) is 15.3. The van der Waals surface area contributed by atoms with E-state index < -0.39 is 5.54 Å². The fraction of sp³-hybridized carbons (Fsp3) is 0.500. The Balaban J connectivity index is 2.73. The van der Waals surface area contributed by atoms with Gasteiger partial charge in [0.15, 0.2) is 0 Å². The number of nitrogens with one attached hydrogen (secondary N) is 2. The number of aliphatic hydroxyl groups excluding tert-OH is 1. The number of halogens is 1. The number of aliphatic hydroxyl groups is 1. The monoisotopic (exact) mass is 300 g/mol. The van der Waals surface area contributed by atoms with Crippen LogP contribution < -0.4 is 15.4 Å². The van der Waals surface area contributed by atoms with Gasteiger partial charge in [-0.15, -0.1) is 0 Å². The van der Waals surface area contributed by atoms with Crippen molar-refractivity contribution in [1.29, 1.82) is 0 Å². The minimum atomic E-state index is -0.597. The minimum absolute atomic E-state index is 0.100. The Morgan fingerprint density at radius 2 is 2.05 bits per heavy atom. The summed E-state index contributed by atoms with van der Waals surface area (Å²) in [6.07, 6.45) is 1.30.